The maximum atomic E-state index is 12.8. The summed E-state index contributed by atoms with van der Waals surface area (Å²) in [7, 11) is 0. The van der Waals surface area contributed by atoms with Gasteiger partial charge < -0.3 is 15.7 Å². The first-order chi connectivity index (χ1) is 13.5. The van der Waals surface area contributed by atoms with Crippen molar-refractivity contribution < 1.29 is 14.7 Å². The number of hydrogen-bond acceptors (Lipinski definition) is 3. The Morgan fingerprint density at radius 2 is 1.68 bits per heavy atom. The molecule has 0 fully saturated rings. The molecule has 3 aromatic rings. The van der Waals surface area contributed by atoms with Crippen molar-refractivity contribution in [2.45, 2.75) is 0 Å². The van der Waals surface area contributed by atoms with E-state index < -0.39 is 5.97 Å². The standard InChI is InChI=1S/C22H15ClN2O3/c23-15-9-10-17-18(12-15)25-21(26)19(17)20(13-5-2-1-3-6-13)24-16-8-4-7-14(11-16)22(27)28/h1-12,24H,(H,25,26)(H,27,28)/b20-19-. The van der Waals surface area contributed by atoms with Crippen LogP contribution in [-0.2, 0) is 4.79 Å². The molecule has 1 heterocycles. The summed E-state index contributed by atoms with van der Waals surface area (Å²) < 4.78 is 0. The topological polar surface area (TPSA) is 78.4 Å². The average Bonchev–Trinajstić information content (AvgIpc) is 3.01. The summed E-state index contributed by atoms with van der Waals surface area (Å²) in [4.78, 5) is 24.1. The average molecular weight is 391 g/mol. The van der Waals surface area contributed by atoms with Gasteiger partial charge in [-0.2, -0.15) is 0 Å². The van der Waals surface area contributed by atoms with E-state index in [1.807, 2.05) is 30.3 Å². The Hall–Kier alpha value is -3.57. The molecule has 138 valence electrons. The molecule has 0 aliphatic carbocycles. The highest BCUT2D eigenvalue weighted by atomic mass is 35.5. The number of benzene rings is 3. The number of amides is 1. The van der Waals surface area contributed by atoms with Crippen molar-refractivity contribution in [1.29, 1.82) is 0 Å². The van der Waals surface area contributed by atoms with Crippen LogP contribution in [0.25, 0.3) is 11.3 Å². The Balaban J connectivity index is 1.89. The Bertz CT molecular complexity index is 1120. The normalized spacial score (nSPS) is 14.2. The van der Waals surface area contributed by atoms with Gasteiger partial charge in [0, 0.05) is 16.3 Å². The van der Waals surface area contributed by atoms with E-state index in [0.29, 0.717) is 27.7 Å². The first-order valence-corrected chi connectivity index (χ1v) is 8.92. The number of rotatable bonds is 4. The first kappa shape index (κ1) is 17.8. The van der Waals surface area contributed by atoms with Crippen molar-refractivity contribution in [3.8, 4) is 0 Å². The molecule has 3 aromatic carbocycles. The number of hydrogen-bond donors (Lipinski definition) is 3. The molecule has 0 saturated heterocycles. The lowest BCUT2D eigenvalue weighted by Crippen LogP contribution is -2.10. The summed E-state index contributed by atoms with van der Waals surface area (Å²) in [6.07, 6.45) is 0. The molecule has 0 unspecified atom stereocenters. The fraction of sp³-hybridized carbons (Fsp3) is 0. The molecular weight excluding hydrogens is 376 g/mol. The predicted molar refractivity (Wildman–Crippen MR) is 110 cm³/mol. The Morgan fingerprint density at radius 3 is 2.43 bits per heavy atom. The van der Waals surface area contributed by atoms with Gasteiger partial charge in [0.2, 0.25) is 0 Å². The highest BCUT2D eigenvalue weighted by molar-refractivity contribution is 6.38. The fourth-order valence-corrected chi connectivity index (χ4v) is 3.32. The maximum Gasteiger partial charge on any atom is 0.335 e. The van der Waals surface area contributed by atoms with Crippen LogP contribution >= 0.6 is 11.6 Å². The van der Waals surface area contributed by atoms with E-state index in [-0.39, 0.29) is 11.5 Å². The molecule has 5 nitrogen and oxygen atoms in total. The zero-order valence-corrected chi connectivity index (χ0v) is 15.3. The molecule has 0 atom stereocenters. The van der Waals surface area contributed by atoms with Crippen LogP contribution in [0.3, 0.4) is 0 Å². The SMILES string of the molecule is O=C1Nc2cc(Cl)ccc2/C1=C(/Nc1cccc(C(=O)O)c1)c1ccccc1. The molecule has 0 spiro atoms. The maximum absolute atomic E-state index is 12.8. The first-order valence-electron chi connectivity index (χ1n) is 8.54. The number of carboxylic acids is 1. The van der Waals surface area contributed by atoms with Gasteiger partial charge in [-0.05, 0) is 35.9 Å². The lowest BCUT2D eigenvalue weighted by atomic mass is 10.00. The van der Waals surface area contributed by atoms with E-state index in [1.165, 1.54) is 12.1 Å². The number of nitrogens with one attached hydrogen (secondary N) is 2. The van der Waals surface area contributed by atoms with E-state index >= 15 is 0 Å². The Kier molecular flexibility index (Phi) is 4.59. The summed E-state index contributed by atoms with van der Waals surface area (Å²) in [6, 6.07) is 21.1. The largest absolute Gasteiger partial charge is 0.478 e. The Labute approximate surface area is 166 Å². The van der Waals surface area contributed by atoms with Gasteiger partial charge in [0.1, 0.15) is 0 Å². The number of fused-ring (bicyclic) bond motifs is 1. The minimum absolute atomic E-state index is 0.158. The third-order valence-corrected chi connectivity index (χ3v) is 4.65. The second-order valence-electron chi connectivity index (χ2n) is 6.27. The monoisotopic (exact) mass is 390 g/mol. The van der Waals surface area contributed by atoms with Crippen LogP contribution in [-0.4, -0.2) is 17.0 Å². The zero-order valence-electron chi connectivity index (χ0n) is 14.6. The van der Waals surface area contributed by atoms with E-state index in [9.17, 15) is 14.7 Å². The van der Waals surface area contributed by atoms with Crippen LogP contribution in [0.15, 0.2) is 72.8 Å². The van der Waals surface area contributed by atoms with E-state index in [4.69, 9.17) is 11.6 Å². The van der Waals surface area contributed by atoms with Gasteiger partial charge in [-0.25, -0.2) is 4.79 Å². The number of anilines is 2. The fourth-order valence-electron chi connectivity index (χ4n) is 3.15. The van der Waals surface area contributed by atoms with Crippen LogP contribution in [0.4, 0.5) is 11.4 Å². The summed E-state index contributed by atoms with van der Waals surface area (Å²) in [6.45, 7) is 0. The third-order valence-electron chi connectivity index (χ3n) is 4.42. The highest BCUT2D eigenvalue weighted by Gasteiger charge is 2.28. The van der Waals surface area contributed by atoms with E-state index in [0.717, 1.165) is 11.1 Å². The van der Waals surface area contributed by atoms with Crippen molar-refractivity contribution in [2.24, 2.45) is 0 Å². The third kappa shape index (κ3) is 3.35. The quantitative estimate of drug-likeness (QED) is 0.549. The van der Waals surface area contributed by atoms with Crippen LogP contribution in [0.2, 0.25) is 5.02 Å². The van der Waals surface area contributed by atoms with Crippen LogP contribution in [0, 0.1) is 0 Å². The van der Waals surface area contributed by atoms with E-state index in [1.54, 1.807) is 30.3 Å². The van der Waals surface area contributed by atoms with Gasteiger partial charge in [-0.3, -0.25) is 4.79 Å². The Morgan fingerprint density at radius 1 is 0.929 bits per heavy atom. The van der Waals surface area contributed by atoms with Crippen molar-refractivity contribution in [1.82, 2.24) is 0 Å². The molecule has 0 saturated carbocycles. The number of aromatic carboxylic acids is 1. The van der Waals surface area contributed by atoms with Gasteiger partial charge in [-0.15, -0.1) is 0 Å². The number of halogens is 1. The smallest absolute Gasteiger partial charge is 0.335 e. The molecule has 28 heavy (non-hydrogen) atoms. The van der Waals surface area contributed by atoms with Gasteiger partial charge in [0.25, 0.3) is 5.91 Å². The van der Waals surface area contributed by atoms with Crippen molar-refractivity contribution >= 4 is 46.1 Å². The molecule has 0 aromatic heterocycles. The summed E-state index contributed by atoms with van der Waals surface area (Å²) >= 11 is 6.05. The van der Waals surface area contributed by atoms with Crippen LogP contribution < -0.4 is 10.6 Å². The number of carbonyl (C=O) groups is 2. The molecule has 0 radical (unpaired) electrons. The summed E-state index contributed by atoms with van der Waals surface area (Å²) in [5.41, 5.74) is 3.96. The molecule has 4 rings (SSSR count). The summed E-state index contributed by atoms with van der Waals surface area (Å²) in [5, 5.41) is 15.9. The molecule has 0 bridgehead atoms. The van der Waals surface area contributed by atoms with Crippen molar-refractivity contribution in [3.63, 3.8) is 0 Å². The van der Waals surface area contributed by atoms with Gasteiger partial charge in [0.15, 0.2) is 0 Å². The lowest BCUT2D eigenvalue weighted by molar-refractivity contribution is -0.110. The van der Waals surface area contributed by atoms with Crippen molar-refractivity contribution in [2.75, 3.05) is 10.6 Å². The molecular formula is C22H15ClN2O3. The van der Waals surface area contributed by atoms with Crippen molar-refractivity contribution in [3.05, 3.63) is 94.5 Å². The lowest BCUT2D eigenvalue weighted by Gasteiger charge is -2.15. The minimum atomic E-state index is -1.02. The van der Waals surface area contributed by atoms with Crippen LogP contribution in [0.1, 0.15) is 21.5 Å². The second kappa shape index (κ2) is 7.21. The molecule has 3 N–H and O–H groups in total. The molecule has 1 aliphatic rings. The number of carbonyl (C=O) groups excluding carboxylic acids is 1. The molecule has 1 aliphatic heterocycles. The molecule has 1 amide bonds. The predicted octanol–water partition coefficient (Wildman–Crippen LogP) is 4.97. The highest BCUT2D eigenvalue weighted by Crippen LogP contribution is 2.38. The number of carboxylic acid groups (broad SMARTS) is 1. The van der Waals surface area contributed by atoms with E-state index in [2.05, 4.69) is 10.6 Å². The van der Waals surface area contributed by atoms with Crippen LogP contribution in [0.5, 0.6) is 0 Å². The van der Waals surface area contributed by atoms with Gasteiger partial charge in [-0.1, -0.05) is 54.1 Å². The van der Waals surface area contributed by atoms with Gasteiger partial charge >= 0.3 is 5.97 Å². The molecule has 6 heteroatoms. The van der Waals surface area contributed by atoms with Gasteiger partial charge in [0.05, 0.1) is 22.5 Å². The zero-order chi connectivity index (χ0) is 19.7. The minimum Gasteiger partial charge on any atom is -0.478 e. The summed E-state index contributed by atoms with van der Waals surface area (Å²) in [5.74, 6) is -1.27. The second-order valence-corrected chi connectivity index (χ2v) is 6.71.